The quantitative estimate of drug-likeness (QED) is 0.635. The van der Waals surface area contributed by atoms with E-state index in [4.69, 9.17) is 4.74 Å². The van der Waals surface area contributed by atoms with Crippen LogP contribution in [0, 0.1) is 10.8 Å². The first-order valence-electron chi connectivity index (χ1n) is 8.10. The summed E-state index contributed by atoms with van der Waals surface area (Å²) in [4.78, 5) is 22.3. The van der Waals surface area contributed by atoms with Crippen LogP contribution in [0.3, 0.4) is 0 Å². The first-order valence-corrected chi connectivity index (χ1v) is 8.10. The lowest BCUT2D eigenvalue weighted by Crippen LogP contribution is -2.36. The van der Waals surface area contributed by atoms with E-state index in [1.807, 2.05) is 27.7 Å². The minimum Gasteiger partial charge on any atom is -0.466 e. The number of carbonyl (C=O) groups excluding carboxylic acids is 2. The van der Waals surface area contributed by atoms with E-state index in [1.165, 1.54) is 0 Å². The second-order valence-corrected chi connectivity index (χ2v) is 6.78. The average Bonchev–Trinajstić information content (AvgIpc) is 2.46. The Morgan fingerprint density at radius 2 is 1.25 bits per heavy atom. The second-order valence-electron chi connectivity index (χ2n) is 6.78. The van der Waals surface area contributed by atoms with E-state index in [1.54, 1.807) is 20.8 Å². The van der Waals surface area contributed by atoms with Gasteiger partial charge in [-0.2, -0.15) is 13.2 Å². The molecule has 0 radical (unpaired) electrons. The number of halogens is 3. The number of ether oxygens (including phenoxy) is 2. The van der Waals surface area contributed by atoms with E-state index in [9.17, 15) is 22.8 Å². The second kappa shape index (κ2) is 9.89. The molecule has 0 aliphatic rings. The van der Waals surface area contributed by atoms with Gasteiger partial charge in [-0.05, 0) is 54.4 Å². The third kappa shape index (κ3) is 9.13. The van der Waals surface area contributed by atoms with Crippen molar-refractivity contribution in [2.24, 2.45) is 10.8 Å². The van der Waals surface area contributed by atoms with Crippen LogP contribution in [0.1, 0.15) is 68.2 Å². The molecule has 0 aliphatic heterocycles. The predicted molar refractivity (Wildman–Crippen MR) is 86.4 cm³/mol. The van der Waals surface area contributed by atoms with E-state index in [2.05, 4.69) is 4.74 Å². The Morgan fingerprint density at radius 1 is 0.875 bits per heavy atom. The van der Waals surface area contributed by atoms with Crippen LogP contribution >= 0.6 is 0 Å². The van der Waals surface area contributed by atoms with E-state index in [0.717, 1.165) is 13.3 Å². The molecule has 0 aromatic rings. The molecule has 0 heterocycles. The van der Waals surface area contributed by atoms with Crippen LogP contribution in [0.2, 0.25) is 0 Å². The fourth-order valence-electron chi connectivity index (χ4n) is 1.00. The van der Waals surface area contributed by atoms with Crippen LogP contribution in [-0.4, -0.2) is 30.8 Å². The summed E-state index contributed by atoms with van der Waals surface area (Å²) in [6, 6.07) is 0. The third-order valence-electron chi connectivity index (χ3n) is 3.89. The zero-order valence-corrected chi connectivity index (χ0v) is 16.0. The summed E-state index contributed by atoms with van der Waals surface area (Å²) in [7, 11) is 0. The largest absolute Gasteiger partial charge is 0.466 e. The molecule has 0 aromatic carbocycles. The molecule has 4 nitrogen and oxygen atoms in total. The van der Waals surface area contributed by atoms with E-state index < -0.39 is 23.7 Å². The van der Waals surface area contributed by atoms with Gasteiger partial charge in [0.1, 0.15) is 0 Å². The van der Waals surface area contributed by atoms with Crippen molar-refractivity contribution >= 4 is 11.9 Å². The van der Waals surface area contributed by atoms with Crippen LogP contribution in [0.25, 0.3) is 0 Å². The molecule has 7 heteroatoms. The highest BCUT2D eigenvalue weighted by atomic mass is 19.4. The number of esters is 2. The van der Waals surface area contributed by atoms with Crippen LogP contribution in [0.4, 0.5) is 13.2 Å². The molecular formula is C17H31F3O4. The zero-order chi connectivity index (χ0) is 19.8. The average molecular weight is 356 g/mol. The molecule has 24 heavy (non-hydrogen) atoms. The van der Waals surface area contributed by atoms with Gasteiger partial charge < -0.3 is 9.47 Å². The summed E-state index contributed by atoms with van der Waals surface area (Å²) < 4.78 is 45.2. The molecule has 0 aromatic heterocycles. The summed E-state index contributed by atoms with van der Waals surface area (Å²) in [5.41, 5.74) is -1.17. The third-order valence-corrected chi connectivity index (χ3v) is 3.89. The van der Waals surface area contributed by atoms with Gasteiger partial charge in [-0.15, -0.1) is 0 Å². The van der Waals surface area contributed by atoms with Crippen LogP contribution in [-0.2, 0) is 19.1 Å². The highest BCUT2D eigenvalue weighted by Crippen LogP contribution is 2.27. The number of hydrogen-bond donors (Lipinski definition) is 0. The van der Waals surface area contributed by atoms with Crippen LogP contribution in [0.5, 0.6) is 0 Å². The number of carbonyl (C=O) groups is 2. The van der Waals surface area contributed by atoms with Gasteiger partial charge in [0.15, 0.2) is 6.10 Å². The van der Waals surface area contributed by atoms with Gasteiger partial charge in [0, 0.05) is 0 Å². The summed E-state index contributed by atoms with van der Waals surface area (Å²) in [6.45, 7) is 13.7. The minimum absolute atomic E-state index is 0.0995. The summed E-state index contributed by atoms with van der Waals surface area (Å²) in [6.07, 6.45) is -5.26. The van der Waals surface area contributed by atoms with Gasteiger partial charge in [0.2, 0.25) is 0 Å². The molecule has 0 saturated heterocycles. The Morgan fingerprint density at radius 3 is 1.54 bits per heavy atom. The van der Waals surface area contributed by atoms with Crippen molar-refractivity contribution in [2.45, 2.75) is 80.5 Å². The van der Waals surface area contributed by atoms with Crippen molar-refractivity contribution in [2.75, 3.05) is 6.61 Å². The number of alkyl halides is 3. The maximum Gasteiger partial charge on any atom is 0.425 e. The highest BCUT2D eigenvalue weighted by Gasteiger charge is 2.41. The molecule has 0 spiro atoms. The maximum atomic E-state index is 12.0. The smallest absolute Gasteiger partial charge is 0.425 e. The fourth-order valence-corrected chi connectivity index (χ4v) is 1.00. The van der Waals surface area contributed by atoms with Crippen molar-refractivity contribution in [1.29, 1.82) is 0 Å². The van der Waals surface area contributed by atoms with E-state index >= 15 is 0 Å². The lowest BCUT2D eigenvalue weighted by atomic mass is 9.90. The highest BCUT2D eigenvalue weighted by molar-refractivity contribution is 5.76. The van der Waals surface area contributed by atoms with E-state index in [-0.39, 0.29) is 11.4 Å². The monoisotopic (exact) mass is 356 g/mol. The van der Waals surface area contributed by atoms with Crippen molar-refractivity contribution in [3.8, 4) is 0 Å². The molecule has 0 fully saturated rings. The molecule has 1 unspecified atom stereocenters. The Balaban J connectivity index is 0. The topological polar surface area (TPSA) is 52.6 Å². The Labute approximate surface area is 143 Å². The maximum absolute atomic E-state index is 12.0. The molecule has 0 N–H and O–H groups in total. The molecule has 0 amide bonds. The van der Waals surface area contributed by atoms with Gasteiger partial charge in [-0.3, -0.25) is 9.59 Å². The Kier molecular flexibility index (Phi) is 10.3. The molecular weight excluding hydrogens is 325 g/mol. The number of hydrogen-bond acceptors (Lipinski definition) is 4. The minimum atomic E-state index is -4.49. The SMILES string of the molecule is CCC(C)(C)C(=O)OC(C)C(F)(F)F.CCOC(=O)C(C)(C)CC. The van der Waals surface area contributed by atoms with Crippen molar-refractivity contribution in [3.63, 3.8) is 0 Å². The molecule has 144 valence electrons. The first kappa shape index (κ1) is 25.0. The van der Waals surface area contributed by atoms with Crippen LogP contribution in [0.15, 0.2) is 0 Å². The van der Waals surface area contributed by atoms with Gasteiger partial charge in [0.05, 0.1) is 17.4 Å². The lowest BCUT2D eigenvalue weighted by molar-refractivity contribution is -0.221. The van der Waals surface area contributed by atoms with E-state index in [0.29, 0.717) is 13.0 Å². The lowest BCUT2D eigenvalue weighted by Gasteiger charge is -2.24. The summed E-state index contributed by atoms with van der Waals surface area (Å²) >= 11 is 0. The van der Waals surface area contributed by atoms with Gasteiger partial charge in [-0.25, -0.2) is 0 Å². The zero-order valence-electron chi connectivity index (χ0n) is 16.0. The summed E-state index contributed by atoms with van der Waals surface area (Å²) in [5, 5.41) is 0. The molecule has 1 atom stereocenters. The van der Waals surface area contributed by atoms with Gasteiger partial charge in [0.25, 0.3) is 0 Å². The standard InChI is InChI=1S/C9H15F3O2.C8H16O2/c1-5-8(3,4)7(13)14-6(2)9(10,11)12;1-5-8(3,4)7(9)10-6-2/h6H,5H2,1-4H3;5-6H2,1-4H3. The van der Waals surface area contributed by atoms with Gasteiger partial charge >= 0.3 is 18.1 Å². The first-order chi connectivity index (χ1) is 10.7. The number of rotatable bonds is 6. The van der Waals surface area contributed by atoms with Gasteiger partial charge in [-0.1, -0.05) is 13.8 Å². The van der Waals surface area contributed by atoms with Crippen LogP contribution < -0.4 is 0 Å². The van der Waals surface area contributed by atoms with Crippen molar-refractivity contribution < 1.29 is 32.2 Å². The molecule has 0 bridgehead atoms. The Bertz CT molecular complexity index is 401. The van der Waals surface area contributed by atoms with Crippen molar-refractivity contribution in [1.82, 2.24) is 0 Å². The summed E-state index contributed by atoms with van der Waals surface area (Å²) in [5.74, 6) is -0.915. The Hall–Kier alpha value is -1.27. The predicted octanol–water partition coefficient (Wildman–Crippen LogP) is 4.90. The molecule has 0 rings (SSSR count). The molecule has 0 aliphatic carbocycles. The fraction of sp³-hybridized carbons (Fsp3) is 0.882. The normalized spacial score (nSPS) is 13.5. The molecule has 0 saturated carbocycles. The van der Waals surface area contributed by atoms with Crippen molar-refractivity contribution in [3.05, 3.63) is 0 Å².